The minimum absolute atomic E-state index is 0.0522. The molecule has 0 saturated heterocycles. The van der Waals surface area contributed by atoms with Crippen LogP contribution >= 0.6 is 0 Å². The van der Waals surface area contributed by atoms with Crippen LogP contribution < -0.4 is 10.9 Å². The van der Waals surface area contributed by atoms with Crippen LogP contribution in [0.25, 0.3) is 10.8 Å². The van der Waals surface area contributed by atoms with Gasteiger partial charge in [-0.15, -0.1) is 0 Å². The number of aromatic hydroxyl groups is 1. The number of amides is 1. The average molecular weight is 381 g/mol. The fourth-order valence-electron chi connectivity index (χ4n) is 3.78. The van der Waals surface area contributed by atoms with E-state index in [9.17, 15) is 19.1 Å². The Morgan fingerprint density at radius 3 is 2.96 bits per heavy atom. The van der Waals surface area contributed by atoms with E-state index in [-0.39, 0.29) is 40.9 Å². The standard InChI is InChI=1S/C21H20FN3O3/c1-12-16-3-2-15(26)8-14(16)5-7-25(12)20(27)11-24-19-9-13-4-6-23-21(28)17(13)10-18(19)22/h2-4,6,8-10,12,24,26H,5,7,11H2,1H3,(H,23,28). The van der Waals surface area contributed by atoms with Crippen molar-refractivity contribution in [2.75, 3.05) is 18.4 Å². The number of phenolic OH excluding ortho intramolecular Hbond substituents is 1. The van der Waals surface area contributed by atoms with Crippen LogP contribution in [0.4, 0.5) is 10.1 Å². The fraction of sp³-hybridized carbons (Fsp3) is 0.238. The number of phenols is 1. The summed E-state index contributed by atoms with van der Waals surface area (Å²) in [6.07, 6.45) is 2.16. The van der Waals surface area contributed by atoms with E-state index in [0.29, 0.717) is 18.4 Å². The van der Waals surface area contributed by atoms with Gasteiger partial charge >= 0.3 is 0 Å². The molecule has 0 saturated carbocycles. The number of carbonyl (C=O) groups excluding carboxylic acids is 1. The summed E-state index contributed by atoms with van der Waals surface area (Å²) in [6, 6.07) is 9.45. The van der Waals surface area contributed by atoms with Crippen molar-refractivity contribution in [2.45, 2.75) is 19.4 Å². The quantitative estimate of drug-likeness (QED) is 0.651. The van der Waals surface area contributed by atoms with Crippen LogP contribution in [0.2, 0.25) is 0 Å². The molecule has 4 rings (SSSR count). The number of nitrogens with one attached hydrogen (secondary N) is 2. The summed E-state index contributed by atoms with van der Waals surface area (Å²) in [6.45, 7) is 2.42. The molecule has 0 spiro atoms. The first-order valence-corrected chi connectivity index (χ1v) is 9.10. The molecule has 0 fully saturated rings. The molecule has 28 heavy (non-hydrogen) atoms. The third kappa shape index (κ3) is 3.19. The van der Waals surface area contributed by atoms with Gasteiger partial charge in [-0.2, -0.15) is 0 Å². The molecule has 144 valence electrons. The zero-order valence-electron chi connectivity index (χ0n) is 15.3. The smallest absolute Gasteiger partial charge is 0.255 e. The summed E-state index contributed by atoms with van der Waals surface area (Å²) in [4.78, 5) is 28.7. The summed E-state index contributed by atoms with van der Waals surface area (Å²) in [5, 5.41) is 13.4. The van der Waals surface area contributed by atoms with Crippen LogP contribution in [0, 0.1) is 5.82 Å². The topological polar surface area (TPSA) is 85.4 Å². The lowest BCUT2D eigenvalue weighted by Crippen LogP contribution is -2.41. The molecule has 3 N–H and O–H groups in total. The van der Waals surface area contributed by atoms with Gasteiger partial charge in [-0.05, 0) is 60.2 Å². The number of rotatable bonds is 3. The van der Waals surface area contributed by atoms with Crippen LogP contribution in [-0.4, -0.2) is 34.0 Å². The maximum Gasteiger partial charge on any atom is 0.255 e. The van der Waals surface area contributed by atoms with Crippen LogP contribution in [0.1, 0.15) is 24.1 Å². The van der Waals surface area contributed by atoms with E-state index in [1.54, 1.807) is 23.1 Å². The Kier molecular flexibility index (Phi) is 4.50. The van der Waals surface area contributed by atoms with Gasteiger partial charge in [0.2, 0.25) is 5.91 Å². The number of benzene rings is 2. The lowest BCUT2D eigenvalue weighted by atomic mass is 9.93. The predicted octanol–water partition coefficient (Wildman–Crippen LogP) is 2.93. The van der Waals surface area contributed by atoms with Gasteiger partial charge in [0.05, 0.1) is 23.7 Å². The minimum Gasteiger partial charge on any atom is -0.508 e. The second-order valence-corrected chi connectivity index (χ2v) is 6.98. The van der Waals surface area contributed by atoms with Gasteiger partial charge in [0.25, 0.3) is 5.56 Å². The summed E-state index contributed by atoms with van der Waals surface area (Å²) in [5.74, 6) is -0.501. The van der Waals surface area contributed by atoms with Crippen molar-refractivity contribution in [3.05, 3.63) is 69.9 Å². The van der Waals surface area contributed by atoms with E-state index in [2.05, 4.69) is 10.3 Å². The van der Waals surface area contributed by atoms with E-state index in [1.165, 1.54) is 18.3 Å². The molecule has 2 heterocycles. The number of hydrogen-bond donors (Lipinski definition) is 3. The molecule has 1 amide bonds. The normalized spacial score (nSPS) is 16.1. The Hall–Kier alpha value is -3.35. The van der Waals surface area contributed by atoms with Crippen LogP contribution in [0.15, 0.2) is 47.4 Å². The number of anilines is 1. The second-order valence-electron chi connectivity index (χ2n) is 6.98. The highest BCUT2D eigenvalue weighted by atomic mass is 19.1. The molecule has 7 heteroatoms. The van der Waals surface area contributed by atoms with Gasteiger partial charge in [0.1, 0.15) is 11.6 Å². The highest BCUT2D eigenvalue weighted by Crippen LogP contribution is 2.31. The molecule has 1 aromatic heterocycles. The number of aromatic amines is 1. The Bertz CT molecular complexity index is 1130. The monoisotopic (exact) mass is 381 g/mol. The maximum absolute atomic E-state index is 14.3. The Balaban J connectivity index is 1.50. The van der Waals surface area contributed by atoms with Crippen LogP contribution in [0.5, 0.6) is 5.75 Å². The molecule has 1 unspecified atom stereocenters. The Morgan fingerprint density at radius 2 is 2.14 bits per heavy atom. The highest BCUT2D eigenvalue weighted by Gasteiger charge is 2.27. The Labute approximate surface area is 160 Å². The molecule has 0 aliphatic carbocycles. The van der Waals surface area contributed by atoms with E-state index >= 15 is 0 Å². The van der Waals surface area contributed by atoms with Crippen molar-refractivity contribution in [2.24, 2.45) is 0 Å². The molecule has 1 aliphatic rings. The number of hydrogen-bond acceptors (Lipinski definition) is 4. The number of H-pyrrole nitrogens is 1. The zero-order valence-corrected chi connectivity index (χ0v) is 15.3. The molecule has 0 radical (unpaired) electrons. The van der Waals surface area contributed by atoms with Gasteiger partial charge in [-0.3, -0.25) is 9.59 Å². The zero-order chi connectivity index (χ0) is 19.8. The molecule has 6 nitrogen and oxygen atoms in total. The van der Waals surface area contributed by atoms with E-state index < -0.39 is 5.82 Å². The fourth-order valence-corrected chi connectivity index (χ4v) is 3.78. The lowest BCUT2D eigenvalue weighted by molar-refractivity contribution is -0.131. The predicted molar refractivity (Wildman–Crippen MR) is 105 cm³/mol. The second kappa shape index (κ2) is 6.99. The number of aromatic nitrogens is 1. The Morgan fingerprint density at radius 1 is 1.32 bits per heavy atom. The summed E-state index contributed by atoms with van der Waals surface area (Å²) in [5.41, 5.74) is 1.87. The van der Waals surface area contributed by atoms with E-state index in [0.717, 1.165) is 11.1 Å². The molecule has 1 atom stereocenters. The molecular formula is C21H20FN3O3. The summed E-state index contributed by atoms with van der Waals surface area (Å²) >= 11 is 0. The summed E-state index contributed by atoms with van der Waals surface area (Å²) < 4.78 is 14.3. The molecular weight excluding hydrogens is 361 g/mol. The van der Waals surface area contributed by atoms with Gasteiger partial charge in [-0.1, -0.05) is 6.07 Å². The van der Waals surface area contributed by atoms with Gasteiger partial charge in [-0.25, -0.2) is 4.39 Å². The van der Waals surface area contributed by atoms with Crippen molar-refractivity contribution in [1.29, 1.82) is 0 Å². The lowest BCUT2D eigenvalue weighted by Gasteiger charge is -2.35. The van der Waals surface area contributed by atoms with Crippen LogP contribution in [-0.2, 0) is 11.2 Å². The molecule has 3 aromatic rings. The number of carbonyl (C=O) groups is 1. The van der Waals surface area contributed by atoms with E-state index in [4.69, 9.17) is 0 Å². The first-order chi connectivity index (χ1) is 13.4. The number of halogens is 1. The number of nitrogens with zero attached hydrogens (tertiary/aromatic N) is 1. The largest absolute Gasteiger partial charge is 0.508 e. The number of pyridine rings is 1. The van der Waals surface area contributed by atoms with Crippen LogP contribution in [0.3, 0.4) is 0 Å². The first kappa shape index (κ1) is 18.0. The SMILES string of the molecule is CC1c2ccc(O)cc2CCN1C(=O)CNc1cc2cc[nH]c(=O)c2cc1F. The molecule has 0 bridgehead atoms. The van der Waals surface area contributed by atoms with Crippen molar-refractivity contribution >= 4 is 22.4 Å². The van der Waals surface area contributed by atoms with Gasteiger partial charge < -0.3 is 20.3 Å². The molecule has 2 aromatic carbocycles. The third-order valence-electron chi connectivity index (χ3n) is 5.28. The van der Waals surface area contributed by atoms with Gasteiger partial charge in [0.15, 0.2) is 0 Å². The third-order valence-corrected chi connectivity index (χ3v) is 5.28. The van der Waals surface area contributed by atoms with Crippen molar-refractivity contribution in [3.8, 4) is 5.75 Å². The first-order valence-electron chi connectivity index (χ1n) is 9.10. The highest BCUT2D eigenvalue weighted by molar-refractivity contribution is 5.87. The maximum atomic E-state index is 14.3. The van der Waals surface area contributed by atoms with Crippen molar-refractivity contribution < 1.29 is 14.3 Å². The summed E-state index contributed by atoms with van der Waals surface area (Å²) in [7, 11) is 0. The number of fused-ring (bicyclic) bond motifs is 2. The van der Waals surface area contributed by atoms with Crippen molar-refractivity contribution in [3.63, 3.8) is 0 Å². The van der Waals surface area contributed by atoms with Crippen molar-refractivity contribution in [1.82, 2.24) is 9.88 Å². The average Bonchev–Trinajstić information content (AvgIpc) is 2.67. The van der Waals surface area contributed by atoms with E-state index in [1.807, 2.05) is 13.0 Å². The minimum atomic E-state index is -0.579. The molecule has 1 aliphatic heterocycles. The van der Waals surface area contributed by atoms with Gasteiger partial charge in [0, 0.05) is 12.7 Å².